The quantitative estimate of drug-likeness (QED) is 0.210. The maximum atomic E-state index is 6.45. The molecular weight excluding hydrogens is 550 g/mol. The maximum Gasteiger partial charge on any atom is 0.136 e. The SMILES string of the molecule is c1ccc(-c2cccc(-c3ccc4oc5cc6c(cc5c4c3)oc3ccc(-n4c5ccccc5c5ccccc54)cc36)c2)cc1. The number of fused-ring (bicyclic) bond motifs is 9. The van der Waals surface area contributed by atoms with Crippen LogP contribution in [0, 0.1) is 0 Å². The van der Waals surface area contributed by atoms with Gasteiger partial charge >= 0.3 is 0 Å². The molecule has 45 heavy (non-hydrogen) atoms. The van der Waals surface area contributed by atoms with Crippen LogP contribution in [-0.4, -0.2) is 4.57 Å². The van der Waals surface area contributed by atoms with Gasteiger partial charge in [-0.15, -0.1) is 0 Å². The topological polar surface area (TPSA) is 31.2 Å². The van der Waals surface area contributed by atoms with Gasteiger partial charge in [0.15, 0.2) is 0 Å². The molecule has 0 spiro atoms. The Morgan fingerprint density at radius 1 is 0.311 bits per heavy atom. The zero-order valence-electron chi connectivity index (χ0n) is 24.2. The van der Waals surface area contributed by atoms with E-state index in [-0.39, 0.29) is 0 Å². The summed E-state index contributed by atoms with van der Waals surface area (Å²) in [5.74, 6) is 0. The van der Waals surface area contributed by atoms with Crippen LogP contribution >= 0.6 is 0 Å². The smallest absolute Gasteiger partial charge is 0.136 e. The molecule has 0 amide bonds. The van der Waals surface area contributed by atoms with Gasteiger partial charge in [-0.3, -0.25) is 0 Å². The summed E-state index contributed by atoms with van der Waals surface area (Å²) in [4.78, 5) is 0. The highest BCUT2D eigenvalue weighted by Crippen LogP contribution is 2.40. The predicted octanol–water partition coefficient (Wildman–Crippen LogP) is 11.9. The molecule has 0 radical (unpaired) electrons. The first-order chi connectivity index (χ1) is 22.3. The van der Waals surface area contributed by atoms with Gasteiger partial charge in [-0.25, -0.2) is 0 Å². The van der Waals surface area contributed by atoms with Crippen LogP contribution in [0.5, 0.6) is 0 Å². The van der Waals surface area contributed by atoms with E-state index in [0.717, 1.165) is 55.1 Å². The van der Waals surface area contributed by atoms with Crippen molar-refractivity contribution >= 4 is 65.7 Å². The number of aromatic nitrogens is 1. The fraction of sp³-hybridized carbons (Fsp3) is 0. The Hall–Kier alpha value is -6.06. The number of furan rings is 2. The summed E-state index contributed by atoms with van der Waals surface area (Å²) < 4.78 is 15.2. The molecule has 0 N–H and O–H groups in total. The van der Waals surface area contributed by atoms with Gasteiger partial charge in [0, 0.05) is 38.0 Å². The van der Waals surface area contributed by atoms with Crippen molar-refractivity contribution in [3.05, 3.63) is 152 Å². The fourth-order valence-electron chi connectivity index (χ4n) is 7.06. The Labute approximate surface area is 258 Å². The molecule has 0 aliphatic rings. The highest BCUT2D eigenvalue weighted by atomic mass is 16.3. The van der Waals surface area contributed by atoms with Crippen LogP contribution in [0.3, 0.4) is 0 Å². The van der Waals surface area contributed by atoms with Gasteiger partial charge in [-0.2, -0.15) is 0 Å². The van der Waals surface area contributed by atoms with Crippen molar-refractivity contribution in [2.75, 3.05) is 0 Å². The zero-order valence-corrected chi connectivity index (χ0v) is 24.2. The molecule has 0 aliphatic carbocycles. The van der Waals surface area contributed by atoms with Crippen molar-refractivity contribution in [3.63, 3.8) is 0 Å². The number of benzene rings is 7. The maximum absolute atomic E-state index is 6.45. The monoisotopic (exact) mass is 575 g/mol. The van der Waals surface area contributed by atoms with Crippen LogP contribution in [0.25, 0.3) is 93.6 Å². The Bertz CT molecular complexity index is 2710. The lowest BCUT2D eigenvalue weighted by Crippen LogP contribution is -1.93. The lowest BCUT2D eigenvalue weighted by molar-refractivity contribution is 0.664. The van der Waals surface area contributed by atoms with Gasteiger partial charge < -0.3 is 13.4 Å². The third kappa shape index (κ3) is 3.65. The minimum Gasteiger partial charge on any atom is -0.456 e. The van der Waals surface area contributed by atoms with Gasteiger partial charge in [-0.1, -0.05) is 91.0 Å². The number of hydrogen-bond donors (Lipinski definition) is 0. The third-order valence-corrected chi connectivity index (χ3v) is 9.19. The van der Waals surface area contributed by atoms with E-state index >= 15 is 0 Å². The van der Waals surface area contributed by atoms with Crippen molar-refractivity contribution < 1.29 is 8.83 Å². The van der Waals surface area contributed by atoms with Crippen LogP contribution in [0.2, 0.25) is 0 Å². The molecule has 3 heteroatoms. The lowest BCUT2D eigenvalue weighted by atomic mass is 9.98. The first kappa shape index (κ1) is 24.4. The molecule has 0 fully saturated rings. The van der Waals surface area contributed by atoms with E-state index < -0.39 is 0 Å². The summed E-state index contributed by atoms with van der Waals surface area (Å²) in [7, 11) is 0. The number of hydrogen-bond acceptors (Lipinski definition) is 2. The number of nitrogens with zero attached hydrogens (tertiary/aromatic N) is 1. The molecule has 3 aromatic heterocycles. The zero-order chi connectivity index (χ0) is 29.5. The third-order valence-electron chi connectivity index (χ3n) is 9.19. The molecule has 10 rings (SSSR count). The normalized spacial score (nSPS) is 12.0. The second-order valence-corrected chi connectivity index (χ2v) is 11.8. The van der Waals surface area contributed by atoms with Crippen LogP contribution in [0.15, 0.2) is 160 Å². The number of rotatable bonds is 3. The molecule has 10 aromatic rings. The van der Waals surface area contributed by atoms with Crippen molar-refractivity contribution in [2.24, 2.45) is 0 Å². The van der Waals surface area contributed by atoms with E-state index in [1.54, 1.807) is 0 Å². The van der Waals surface area contributed by atoms with Crippen molar-refractivity contribution in [3.8, 4) is 27.9 Å². The molecule has 7 aromatic carbocycles. The lowest BCUT2D eigenvalue weighted by Gasteiger charge is -2.07. The molecular formula is C42H25NO2. The van der Waals surface area contributed by atoms with E-state index in [2.05, 4.69) is 156 Å². The number of para-hydroxylation sites is 2. The Balaban J connectivity index is 1.13. The van der Waals surface area contributed by atoms with Crippen molar-refractivity contribution in [1.82, 2.24) is 4.57 Å². The highest BCUT2D eigenvalue weighted by Gasteiger charge is 2.17. The summed E-state index contributed by atoms with van der Waals surface area (Å²) in [6.45, 7) is 0. The minimum absolute atomic E-state index is 0.857. The average molecular weight is 576 g/mol. The van der Waals surface area contributed by atoms with E-state index in [4.69, 9.17) is 8.83 Å². The summed E-state index contributed by atoms with van der Waals surface area (Å²) in [6.07, 6.45) is 0. The largest absolute Gasteiger partial charge is 0.456 e. The van der Waals surface area contributed by atoms with E-state index in [1.165, 1.54) is 38.5 Å². The van der Waals surface area contributed by atoms with Gasteiger partial charge in [0.25, 0.3) is 0 Å². The molecule has 0 aliphatic heterocycles. The second kappa shape index (κ2) is 9.22. The van der Waals surface area contributed by atoms with Crippen LogP contribution in [0.1, 0.15) is 0 Å². The molecule has 0 saturated heterocycles. The summed E-state index contributed by atoms with van der Waals surface area (Å²) in [6, 6.07) is 53.6. The van der Waals surface area contributed by atoms with Crippen LogP contribution in [0.4, 0.5) is 0 Å². The summed E-state index contributed by atoms with van der Waals surface area (Å²) in [5.41, 5.74) is 11.7. The van der Waals surface area contributed by atoms with Crippen LogP contribution < -0.4 is 0 Å². The average Bonchev–Trinajstić information content (AvgIpc) is 3.76. The van der Waals surface area contributed by atoms with Crippen molar-refractivity contribution in [2.45, 2.75) is 0 Å². The van der Waals surface area contributed by atoms with Crippen molar-refractivity contribution in [1.29, 1.82) is 0 Å². The molecule has 3 nitrogen and oxygen atoms in total. The molecule has 0 saturated carbocycles. The predicted molar refractivity (Wildman–Crippen MR) is 186 cm³/mol. The Morgan fingerprint density at radius 3 is 1.51 bits per heavy atom. The van der Waals surface area contributed by atoms with Gasteiger partial charge in [0.2, 0.25) is 0 Å². The van der Waals surface area contributed by atoms with Crippen LogP contribution in [-0.2, 0) is 0 Å². The molecule has 0 unspecified atom stereocenters. The Kier molecular flexibility index (Phi) is 5.00. The molecule has 0 bridgehead atoms. The minimum atomic E-state index is 0.857. The standard InChI is InChI=1S/C42H25NO2/c1-2-9-26(10-3-1)27-11-8-12-28(21-27)29-17-19-39-33(22-29)35-24-42-36(25-41(35)44-39)34-23-30(18-20-40(34)45-42)43-37-15-6-4-13-31(37)32-14-5-7-16-38(32)43/h1-25H. The van der Waals surface area contributed by atoms with E-state index in [0.29, 0.717) is 0 Å². The highest BCUT2D eigenvalue weighted by molar-refractivity contribution is 6.16. The molecule has 3 heterocycles. The summed E-state index contributed by atoms with van der Waals surface area (Å²) in [5, 5.41) is 6.77. The molecule has 210 valence electrons. The second-order valence-electron chi connectivity index (χ2n) is 11.8. The Morgan fingerprint density at radius 2 is 0.822 bits per heavy atom. The fourth-order valence-corrected chi connectivity index (χ4v) is 7.06. The summed E-state index contributed by atoms with van der Waals surface area (Å²) >= 11 is 0. The first-order valence-corrected chi connectivity index (χ1v) is 15.3. The van der Waals surface area contributed by atoms with E-state index in [9.17, 15) is 0 Å². The van der Waals surface area contributed by atoms with Gasteiger partial charge in [-0.05, 0) is 82.9 Å². The molecule has 0 atom stereocenters. The van der Waals surface area contributed by atoms with Gasteiger partial charge in [0.05, 0.1) is 11.0 Å². The first-order valence-electron chi connectivity index (χ1n) is 15.3. The van der Waals surface area contributed by atoms with Gasteiger partial charge in [0.1, 0.15) is 22.3 Å². The van der Waals surface area contributed by atoms with E-state index in [1.807, 2.05) is 0 Å².